The van der Waals surface area contributed by atoms with Crippen molar-refractivity contribution in [3.8, 4) is 0 Å². The molecule has 0 aromatic carbocycles. The molecule has 5 nitrogen and oxygen atoms in total. The van der Waals surface area contributed by atoms with Crippen molar-refractivity contribution in [1.82, 2.24) is 5.06 Å². The summed E-state index contributed by atoms with van der Waals surface area (Å²) >= 11 is 0. The van der Waals surface area contributed by atoms with Crippen molar-refractivity contribution in [3.63, 3.8) is 0 Å². The van der Waals surface area contributed by atoms with Crippen molar-refractivity contribution in [3.05, 3.63) is 0 Å². The summed E-state index contributed by atoms with van der Waals surface area (Å²) in [5.74, 6) is 0. The fourth-order valence-corrected chi connectivity index (χ4v) is 2.86. The molecule has 0 unspecified atom stereocenters. The van der Waals surface area contributed by atoms with Gasteiger partial charge in [-0.3, -0.25) is 0 Å². The van der Waals surface area contributed by atoms with Crippen molar-refractivity contribution >= 4 is 10.4 Å². The van der Waals surface area contributed by atoms with Gasteiger partial charge in [-0.05, 0) is 47.0 Å². The van der Waals surface area contributed by atoms with Gasteiger partial charge in [-0.25, -0.2) is 8.42 Å². The van der Waals surface area contributed by atoms with E-state index in [9.17, 15) is 13.0 Å². The Bertz CT molecular complexity index is 323. The zero-order chi connectivity index (χ0) is 11.9. The molecule has 0 aliphatic carbocycles. The van der Waals surface area contributed by atoms with Crippen molar-refractivity contribution in [2.45, 2.75) is 58.0 Å². The standard InChI is InChI=1S/C9H19NO4S.Li/c1-8(2)6-5-7-9(3,4)10(8)14-15(11,12)13;/h5-7H2,1-4H3,(H,11,12,13);/q;+1/p-1. The Morgan fingerprint density at radius 1 is 1.12 bits per heavy atom. The summed E-state index contributed by atoms with van der Waals surface area (Å²) in [5.41, 5.74) is -0.863. The van der Waals surface area contributed by atoms with E-state index in [1.54, 1.807) is 0 Å². The van der Waals surface area contributed by atoms with Crippen LogP contribution in [0.4, 0.5) is 0 Å². The third-order valence-corrected chi connectivity index (χ3v) is 3.17. The van der Waals surface area contributed by atoms with Gasteiger partial charge in [0.1, 0.15) is 0 Å². The van der Waals surface area contributed by atoms with Gasteiger partial charge in [-0.15, -0.1) is 0 Å². The summed E-state index contributed by atoms with van der Waals surface area (Å²) in [5, 5.41) is 1.33. The Hall–Kier alpha value is 0.427. The van der Waals surface area contributed by atoms with Crippen LogP contribution in [-0.4, -0.2) is 29.1 Å². The average molecular weight is 243 g/mol. The molecule has 0 aromatic heterocycles. The number of hydrogen-bond donors (Lipinski definition) is 0. The summed E-state index contributed by atoms with van der Waals surface area (Å²) in [6.07, 6.45) is 2.62. The third kappa shape index (κ3) is 4.02. The van der Waals surface area contributed by atoms with E-state index in [4.69, 9.17) is 0 Å². The Morgan fingerprint density at radius 2 is 1.50 bits per heavy atom. The quantitative estimate of drug-likeness (QED) is 0.333. The second-order valence-corrected chi connectivity index (χ2v) is 6.22. The molecule has 1 fully saturated rings. The van der Waals surface area contributed by atoms with Gasteiger partial charge in [0.2, 0.25) is 10.4 Å². The molecule has 1 rings (SSSR count). The first-order chi connectivity index (χ1) is 6.55. The first-order valence-corrected chi connectivity index (χ1v) is 6.34. The topological polar surface area (TPSA) is 69.7 Å². The molecule has 0 radical (unpaired) electrons. The second-order valence-electron chi connectivity index (χ2n) is 5.26. The van der Waals surface area contributed by atoms with E-state index < -0.39 is 21.5 Å². The Kier molecular flexibility index (Phi) is 5.10. The maximum absolute atomic E-state index is 10.7. The maximum atomic E-state index is 10.7. The van der Waals surface area contributed by atoms with Gasteiger partial charge in [0.15, 0.2) is 0 Å². The second kappa shape index (κ2) is 4.97. The molecule has 90 valence electrons. The minimum Gasteiger partial charge on any atom is -0.724 e. The van der Waals surface area contributed by atoms with Gasteiger partial charge in [-0.1, -0.05) is 0 Å². The maximum Gasteiger partial charge on any atom is 1.00 e. The molecule has 0 bridgehead atoms. The SMILES string of the molecule is CC1(C)CCCC(C)(C)N1OS(=O)(=O)[O-].[Li+]. The van der Waals surface area contributed by atoms with Crippen LogP contribution >= 0.6 is 0 Å². The zero-order valence-corrected chi connectivity index (χ0v) is 11.4. The minimum atomic E-state index is -4.69. The monoisotopic (exact) mass is 243 g/mol. The number of nitrogens with zero attached hydrogens (tertiary/aromatic N) is 1. The van der Waals surface area contributed by atoms with E-state index in [1.807, 2.05) is 27.7 Å². The number of hydrogen-bond acceptors (Lipinski definition) is 5. The van der Waals surface area contributed by atoms with E-state index in [-0.39, 0.29) is 18.9 Å². The van der Waals surface area contributed by atoms with Crippen LogP contribution in [0.15, 0.2) is 0 Å². The molecule has 7 heteroatoms. The number of hydroxylamine groups is 2. The first kappa shape index (κ1) is 16.4. The Balaban J connectivity index is 0.00000225. The first-order valence-electron chi connectivity index (χ1n) is 5.00. The fourth-order valence-electron chi connectivity index (χ4n) is 2.27. The Morgan fingerprint density at radius 3 is 1.81 bits per heavy atom. The normalized spacial score (nSPS) is 24.8. The summed E-state index contributed by atoms with van der Waals surface area (Å²) in [7, 11) is -4.69. The van der Waals surface area contributed by atoms with Crippen molar-refractivity contribution in [2.75, 3.05) is 0 Å². The third-order valence-electron chi connectivity index (χ3n) is 2.84. The molecule has 1 aliphatic heterocycles. The van der Waals surface area contributed by atoms with Crippen LogP contribution in [-0.2, 0) is 14.7 Å². The zero-order valence-electron chi connectivity index (χ0n) is 10.6. The molecule has 0 N–H and O–H groups in total. The number of rotatable bonds is 2. The predicted molar refractivity (Wildman–Crippen MR) is 54.6 cm³/mol. The summed E-state index contributed by atoms with van der Waals surface area (Å²) in [6, 6.07) is 0. The summed E-state index contributed by atoms with van der Waals surface area (Å²) in [4.78, 5) is 0. The van der Waals surface area contributed by atoms with Gasteiger partial charge in [0.05, 0.1) is 0 Å². The molecular weight excluding hydrogens is 225 g/mol. The van der Waals surface area contributed by atoms with E-state index in [0.717, 1.165) is 19.3 Å². The molecule has 16 heavy (non-hydrogen) atoms. The molecule has 0 saturated carbocycles. The van der Waals surface area contributed by atoms with Crippen molar-refractivity contribution < 1.29 is 36.1 Å². The summed E-state index contributed by atoms with van der Waals surface area (Å²) < 4.78 is 36.5. The Labute approximate surface area is 110 Å². The largest absolute Gasteiger partial charge is 1.00 e. The molecule has 1 heterocycles. The van der Waals surface area contributed by atoms with Crippen LogP contribution < -0.4 is 18.9 Å². The van der Waals surface area contributed by atoms with Crippen molar-refractivity contribution in [2.24, 2.45) is 0 Å². The van der Waals surface area contributed by atoms with Gasteiger partial charge in [0, 0.05) is 11.1 Å². The van der Waals surface area contributed by atoms with Crippen LogP contribution in [0.3, 0.4) is 0 Å². The van der Waals surface area contributed by atoms with Crippen LogP contribution in [0.2, 0.25) is 0 Å². The van der Waals surface area contributed by atoms with E-state index in [1.165, 1.54) is 5.06 Å². The van der Waals surface area contributed by atoms with E-state index in [0.29, 0.717) is 0 Å². The average Bonchev–Trinajstić information content (AvgIpc) is 1.95. The fraction of sp³-hybridized carbons (Fsp3) is 1.00. The predicted octanol–water partition coefficient (Wildman–Crippen LogP) is -1.57. The van der Waals surface area contributed by atoms with Crippen LogP contribution in [0.5, 0.6) is 0 Å². The van der Waals surface area contributed by atoms with Crippen molar-refractivity contribution in [1.29, 1.82) is 0 Å². The van der Waals surface area contributed by atoms with Gasteiger partial charge < -0.3 is 4.55 Å². The van der Waals surface area contributed by atoms with E-state index >= 15 is 0 Å². The molecular formula is C9H18LiNO4S. The van der Waals surface area contributed by atoms with Gasteiger partial charge in [0.25, 0.3) is 0 Å². The minimum absolute atomic E-state index is 0. The smallest absolute Gasteiger partial charge is 0.724 e. The molecule has 0 aromatic rings. The van der Waals surface area contributed by atoms with Gasteiger partial charge >= 0.3 is 18.9 Å². The van der Waals surface area contributed by atoms with E-state index in [2.05, 4.69) is 4.28 Å². The number of piperidine rings is 1. The van der Waals surface area contributed by atoms with Crippen LogP contribution in [0.1, 0.15) is 47.0 Å². The molecule has 0 atom stereocenters. The van der Waals surface area contributed by atoms with Crippen LogP contribution in [0.25, 0.3) is 0 Å². The molecule has 0 spiro atoms. The van der Waals surface area contributed by atoms with Gasteiger partial charge in [-0.2, -0.15) is 9.35 Å². The molecule has 1 aliphatic rings. The molecule has 0 amide bonds. The van der Waals surface area contributed by atoms with Crippen LogP contribution in [0, 0.1) is 0 Å². The molecule has 1 saturated heterocycles. The summed E-state index contributed by atoms with van der Waals surface area (Å²) in [6.45, 7) is 7.50.